The Kier molecular flexibility index (Phi) is 6.50. The van der Waals surface area contributed by atoms with E-state index in [1.165, 1.54) is 0 Å². The Morgan fingerprint density at radius 1 is 1.25 bits per heavy atom. The summed E-state index contributed by atoms with van der Waals surface area (Å²) in [6, 6.07) is 8.02. The SMILES string of the molecule is C=Cc1ccc(CCl)cc1.CC. The van der Waals surface area contributed by atoms with Gasteiger partial charge in [-0.15, -0.1) is 11.6 Å². The Labute approximate surface area is 79.9 Å². The molecule has 0 radical (unpaired) electrons. The first-order valence-electron chi connectivity index (χ1n) is 4.14. The largest absolute Gasteiger partial charge is 0.122 e. The van der Waals surface area contributed by atoms with Crippen molar-refractivity contribution in [3.63, 3.8) is 0 Å². The van der Waals surface area contributed by atoms with E-state index in [1.807, 2.05) is 44.2 Å². The van der Waals surface area contributed by atoms with Crippen LogP contribution < -0.4 is 0 Å². The fourth-order valence-corrected chi connectivity index (χ4v) is 0.921. The molecule has 0 spiro atoms. The van der Waals surface area contributed by atoms with Crippen molar-refractivity contribution in [1.82, 2.24) is 0 Å². The van der Waals surface area contributed by atoms with Crippen molar-refractivity contribution in [1.29, 1.82) is 0 Å². The van der Waals surface area contributed by atoms with Gasteiger partial charge in [-0.2, -0.15) is 0 Å². The van der Waals surface area contributed by atoms with E-state index < -0.39 is 0 Å². The van der Waals surface area contributed by atoms with Gasteiger partial charge in [0.1, 0.15) is 0 Å². The van der Waals surface area contributed by atoms with E-state index in [-0.39, 0.29) is 0 Å². The second-order valence-corrected chi connectivity index (χ2v) is 2.35. The number of hydrogen-bond donors (Lipinski definition) is 0. The van der Waals surface area contributed by atoms with E-state index >= 15 is 0 Å². The molecule has 0 saturated heterocycles. The molecule has 0 atom stereocenters. The van der Waals surface area contributed by atoms with Gasteiger partial charge in [-0.1, -0.05) is 50.8 Å². The molecular weight excluding hydrogens is 168 g/mol. The van der Waals surface area contributed by atoms with Crippen LogP contribution in [0.5, 0.6) is 0 Å². The maximum Gasteiger partial charge on any atom is 0.0474 e. The summed E-state index contributed by atoms with van der Waals surface area (Å²) in [7, 11) is 0. The van der Waals surface area contributed by atoms with Crippen LogP contribution in [0.1, 0.15) is 25.0 Å². The molecule has 0 aliphatic heterocycles. The van der Waals surface area contributed by atoms with Gasteiger partial charge in [0.15, 0.2) is 0 Å². The zero-order valence-electron chi connectivity index (χ0n) is 7.68. The highest BCUT2D eigenvalue weighted by Gasteiger charge is 1.87. The Hall–Kier alpha value is -0.750. The summed E-state index contributed by atoms with van der Waals surface area (Å²) in [5.74, 6) is 0.581. The molecule has 66 valence electrons. The molecule has 0 N–H and O–H groups in total. The van der Waals surface area contributed by atoms with Crippen LogP contribution in [0, 0.1) is 0 Å². The average Bonchev–Trinajstić information content (AvgIpc) is 2.21. The van der Waals surface area contributed by atoms with Gasteiger partial charge in [-0.3, -0.25) is 0 Å². The summed E-state index contributed by atoms with van der Waals surface area (Å²) in [5, 5.41) is 0. The fraction of sp³-hybridized carbons (Fsp3) is 0.273. The third kappa shape index (κ3) is 3.59. The normalized spacial score (nSPS) is 8.25. The van der Waals surface area contributed by atoms with Gasteiger partial charge < -0.3 is 0 Å². The summed E-state index contributed by atoms with van der Waals surface area (Å²) in [5.41, 5.74) is 2.28. The number of rotatable bonds is 2. The molecule has 0 amide bonds. The standard InChI is InChI=1S/C9H9Cl.C2H6/c1-2-8-3-5-9(7-10)6-4-8;1-2/h2-6H,1,7H2;1-2H3. The lowest BCUT2D eigenvalue weighted by molar-refractivity contribution is 1.40. The second-order valence-electron chi connectivity index (χ2n) is 2.08. The predicted molar refractivity (Wildman–Crippen MR) is 57.4 cm³/mol. The molecule has 0 saturated carbocycles. The molecule has 0 unspecified atom stereocenters. The highest BCUT2D eigenvalue weighted by molar-refractivity contribution is 6.17. The van der Waals surface area contributed by atoms with Crippen LogP contribution in [-0.2, 0) is 5.88 Å². The van der Waals surface area contributed by atoms with Gasteiger partial charge in [-0.25, -0.2) is 0 Å². The monoisotopic (exact) mass is 182 g/mol. The predicted octanol–water partition coefficient (Wildman–Crippen LogP) is 4.09. The average molecular weight is 183 g/mol. The van der Waals surface area contributed by atoms with E-state index in [0.717, 1.165) is 11.1 Å². The van der Waals surface area contributed by atoms with E-state index in [2.05, 4.69) is 6.58 Å². The minimum Gasteiger partial charge on any atom is -0.122 e. The molecule has 0 fully saturated rings. The maximum absolute atomic E-state index is 5.60. The van der Waals surface area contributed by atoms with Gasteiger partial charge in [0.25, 0.3) is 0 Å². The molecule has 1 rings (SSSR count). The molecule has 1 heteroatoms. The lowest BCUT2D eigenvalue weighted by Crippen LogP contribution is -1.76. The van der Waals surface area contributed by atoms with Crippen molar-refractivity contribution in [2.45, 2.75) is 19.7 Å². The highest BCUT2D eigenvalue weighted by Crippen LogP contribution is 2.06. The van der Waals surface area contributed by atoms with Crippen LogP contribution in [0.4, 0.5) is 0 Å². The Balaban J connectivity index is 0.000000561. The van der Waals surface area contributed by atoms with Crippen LogP contribution in [0.15, 0.2) is 30.8 Å². The molecule has 0 bridgehead atoms. The fourth-order valence-electron chi connectivity index (χ4n) is 0.743. The molecule has 1 aromatic carbocycles. The maximum atomic E-state index is 5.60. The first kappa shape index (κ1) is 11.2. The molecular formula is C11H15Cl. The van der Waals surface area contributed by atoms with Gasteiger partial charge in [0, 0.05) is 5.88 Å². The van der Waals surface area contributed by atoms with Gasteiger partial charge in [0.05, 0.1) is 0 Å². The van der Waals surface area contributed by atoms with Crippen LogP contribution in [0.2, 0.25) is 0 Å². The summed E-state index contributed by atoms with van der Waals surface area (Å²) in [4.78, 5) is 0. The molecule has 0 aliphatic carbocycles. The Bertz CT molecular complexity index is 211. The lowest BCUT2D eigenvalue weighted by Gasteiger charge is -1.94. The first-order chi connectivity index (χ1) is 5.86. The number of halogens is 1. The zero-order chi connectivity index (χ0) is 9.40. The Morgan fingerprint density at radius 2 is 1.75 bits per heavy atom. The van der Waals surface area contributed by atoms with E-state index in [9.17, 15) is 0 Å². The van der Waals surface area contributed by atoms with Crippen molar-refractivity contribution in [3.05, 3.63) is 42.0 Å². The quantitative estimate of drug-likeness (QED) is 0.605. The summed E-state index contributed by atoms with van der Waals surface area (Å²) in [6.07, 6.45) is 1.82. The van der Waals surface area contributed by atoms with Crippen LogP contribution in [0.25, 0.3) is 6.08 Å². The minimum absolute atomic E-state index is 0.581. The molecule has 1 aromatic rings. The number of hydrogen-bond acceptors (Lipinski definition) is 0. The molecule has 0 nitrogen and oxygen atoms in total. The molecule has 0 heterocycles. The summed E-state index contributed by atoms with van der Waals surface area (Å²) >= 11 is 5.60. The topological polar surface area (TPSA) is 0 Å². The van der Waals surface area contributed by atoms with Crippen LogP contribution in [0.3, 0.4) is 0 Å². The zero-order valence-corrected chi connectivity index (χ0v) is 8.43. The molecule has 0 aromatic heterocycles. The number of alkyl halides is 1. The van der Waals surface area contributed by atoms with Crippen molar-refractivity contribution >= 4 is 17.7 Å². The van der Waals surface area contributed by atoms with E-state index in [1.54, 1.807) is 0 Å². The van der Waals surface area contributed by atoms with E-state index in [0.29, 0.717) is 5.88 Å². The highest BCUT2D eigenvalue weighted by atomic mass is 35.5. The van der Waals surface area contributed by atoms with Gasteiger partial charge >= 0.3 is 0 Å². The number of benzene rings is 1. The molecule has 0 aliphatic rings. The van der Waals surface area contributed by atoms with E-state index in [4.69, 9.17) is 11.6 Å². The smallest absolute Gasteiger partial charge is 0.0474 e. The first-order valence-corrected chi connectivity index (χ1v) is 4.67. The second kappa shape index (κ2) is 6.93. The lowest BCUT2D eigenvalue weighted by atomic mass is 10.1. The van der Waals surface area contributed by atoms with Crippen LogP contribution >= 0.6 is 11.6 Å². The van der Waals surface area contributed by atoms with Crippen molar-refractivity contribution in [2.75, 3.05) is 0 Å². The van der Waals surface area contributed by atoms with Crippen molar-refractivity contribution in [3.8, 4) is 0 Å². The Morgan fingerprint density at radius 3 is 2.08 bits per heavy atom. The van der Waals surface area contributed by atoms with Crippen molar-refractivity contribution < 1.29 is 0 Å². The third-order valence-electron chi connectivity index (χ3n) is 1.37. The molecule has 12 heavy (non-hydrogen) atoms. The summed E-state index contributed by atoms with van der Waals surface area (Å²) in [6.45, 7) is 7.65. The third-order valence-corrected chi connectivity index (χ3v) is 1.68. The minimum atomic E-state index is 0.581. The summed E-state index contributed by atoms with van der Waals surface area (Å²) < 4.78 is 0. The van der Waals surface area contributed by atoms with Gasteiger partial charge in [-0.05, 0) is 11.1 Å². The van der Waals surface area contributed by atoms with Gasteiger partial charge in [0.2, 0.25) is 0 Å². The van der Waals surface area contributed by atoms with Crippen LogP contribution in [-0.4, -0.2) is 0 Å². The van der Waals surface area contributed by atoms with Crippen molar-refractivity contribution in [2.24, 2.45) is 0 Å².